The van der Waals surface area contributed by atoms with Gasteiger partial charge in [-0.1, -0.05) is 12.1 Å². The predicted octanol–water partition coefficient (Wildman–Crippen LogP) is 2.48. The van der Waals surface area contributed by atoms with E-state index in [4.69, 9.17) is 9.72 Å². The summed E-state index contributed by atoms with van der Waals surface area (Å²) in [4.78, 5) is 4.74. The van der Waals surface area contributed by atoms with Crippen LogP contribution in [0.15, 0.2) is 30.5 Å². The molecule has 2 aromatic carbocycles. The number of nitrogens with zero attached hydrogens (tertiary/aromatic N) is 2. The quantitative estimate of drug-likeness (QED) is 0.467. The Bertz CT molecular complexity index is 1260. The van der Waals surface area contributed by atoms with E-state index in [1.54, 1.807) is 18.3 Å². The first-order chi connectivity index (χ1) is 14.1. The molecule has 0 atom stereocenters. The van der Waals surface area contributed by atoms with E-state index >= 15 is 4.39 Å². The van der Waals surface area contributed by atoms with Crippen molar-refractivity contribution >= 4 is 34.4 Å². The van der Waals surface area contributed by atoms with Crippen LogP contribution in [-0.4, -0.2) is 39.5 Å². The lowest BCUT2D eigenvalue weighted by Gasteiger charge is -2.23. The van der Waals surface area contributed by atoms with Crippen LogP contribution in [-0.2, 0) is 12.8 Å². The van der Waals surface area contributed by atoms with Crippen molar-refractivity contribution in [2.75, 3.05) is 7.11 Å². The van der Waals surface area contributed by atoms with Crippen LogP contribution < -0.4 is 10.2 Å². The van der Waals surface area contributed by atoms with Crippen LogP contribution in [0.2, 0.25) is 0 Å². The number of aromatic amines is 1. The van der Waals surface area contributed by atoms with Crippen molar-refractivity contribution in [3.05, 3.63) is 47.4 Å². The van der Waals surface area contributed by atoms with Crippen molar-refractivity contribution in [3.8, 4) is 17.0 Å². The van der Waals surface area contributed by atoms with Crippen molar-refractivity contribution in [2.45, 2.75) is 25.7 Å². The van der Waals surface area contributed by atoms with Gasteiger partial charge in [0, 0.05) is 27.9 Å². The van der Waals surface area contributed by atoms with Gasteiger partial charge in [-0.3, -0.25) is 5.10 Å². The Morgan fingerprint density at radius 3 is 2.72 bits per heavy atom. The molecule has 2 heterocycles. The number of hydrogen-bond acceptors (Lipinski definition) is 5. The van der Waals surface area contributed by atoms with Gasteiger partial charge in [-0.25, -0.2) is 9.37 Å². The number of rotatable bonds is 3. The van der Waals surface area contributed by atoms with E-state index in [0.717, 1.165) is 47.6 Å². The van der Waals surface area contributed by atoms with Gasteiger partial charge in [-0.05, 0) is 42.9 Å². The molecule has 0 fully saturated rings. The topological polar surface area (TPSA) is 91.3 Å². The van der Waals surface area contributed by atoms with Gasteiger partial charge < -0.3 is 14.8 Å². The second kappa shape index (κ2) is 6.82. The lowest BCUT2D eigenvalue weighted by molar-refractivity contribution is 0.404. The molecule has 1 aliphatic carbocycles. The zero-order chi connectivity index (χ0) is 20.1. The normalized spacial score (nSPS) is 13.7. The maximum atomic E-state index is 15.0. The Labute approximate surface area is 166 Å². The van der Waals surface area contributed by atoms with Gasteiger partial charge >= 0.3 is 7.12 Å². The number of nitrogens with one attached hydrogen (secondary N) is 1. The van der Waals surface area contributed by atoms with Crippen LogP contribution in [0.5, 0.6) is 5.75 Å². The molecule has 0 spiro atoms. The van der Waals surface area contributed by atoms with E-state index in [9.17, 15) is 10.0 Å². The Balaban J connectivity index is 1.90. The lowest BCUT2D eigenvalue weighted by Crippen LogP contribution is -2.31. The minimum absolute atomic E-state index is 0.252. The molecule has 0 amide bonds. The van der Waals surface area contributed by atoms with E-state index in [0.29, 0.717) is 28.0 Å². The summed E-state index contributed by atoms with van der Waals surface area (Å²) in [6.07, 6.45) is 5.40. The molecule has 0 unspecified atom stereocenters. The highest BCUT2D eigenvalue weighted by molar-refractivity contribution is 6.60. The Kier molecular flexibility index (Phi) is 4.26. The molecule has 8 heteroatoms. The summed E-state index contributed by atoms with van der Waals surface area (Å²) in [6.45, 7) is 0. The minimum atomic E-state index is -1.68. The van der Waals surface area contributed by atoms with E-state index in [1.807, 2.05) is 6.07 Å². The number of fused-ring (bicyclic) bond motifs is 5. The number of H-pyrrole nitrogens is 1. The van der Waals surface area contributed by atoms with Gasteiger partial charge in [0.25, 0.3) is 0 Å². The second-order valence-corrected chi connectivity index (χ2v) is 7.34. The third kappa shape index (κ3) is 2.71. The number of para-hydroxylation sites is 1. The molecule has 6 nitrogen and oxygen atoms in total. The third-order valence-corrected chi connectivity index (χ3v) is 5.73. The van der Waals surface area contributed by atoms with Gasteiger partial charge in [0.2, 0.25) is 0 Å². The highest BCUT2D eigenvalue weighted by Gasteiger charge is 2.26. The first-order valence-electron chi connectivity index (χ1n) is 9.60. The average molecular weight is 391 g/mol. The van der Waals surface area contributed by atoms with E-state index in [1.165, 1.54) is 13.2 Å². The molecule has 0 saturated heterocycles. The van der Waals surface area contributed by atoms with Gasteiger partial charge in [-0.15, -0.1) is 0 Å². The highest BCUT2D eigenvalue weighted by Crippen LogP contribution is 2.40. The van der Waals surface area contributed by atoms with E-state index in [2.05, 4.69) is 10.2 Å². The van der Waals surface area contributed by atoms with Crippen molar-refractivity contribution in [1.29, 1.82) is 0 Å². The summed E-state index contributed by atoms with van der Waals surface area (Å²) >= 11 is 0. The van der Waals surface area contributed by atoms with Gasteiger partial charge in [0.1, 0.15) is 11.3 Å². The highest BCUT2D eigenvalue weighted by atomic mass is 19.1. The standard InChI is InChI=1S/C21H19BFN3O3/c1-29-21-13(7-4-8-15(21)22(27)28)19-12-6-3-2-5-11(12)18-14-10-24-26-17(14)9-16(23)20(18)25-19/h4,7-10,27-28H,2-3,5-6H2,1H3,(H,24,26). The molecule has 0 bridgehead atoms. The average Bonchev–Trinajstić information content (AvgIpc) is 3.20. The number of pyridine rings is 1. The number of ether oxygens (including phenoxy) is 1. The Morgan fingerprint density at radius 1 is 1.17 bits per heavy atom. The fraction of sp³-hybridized carbons (Fsp3) is 0.238. The maximum Gasteiger partial charge on any atom is 0.492 e. The zero-order valence-corrected chi connectivity index (χ0v) is 15.9. The molecular weight excluding hydrogens is 372 g/mol. The fourth-order valence-corrected chi connectivity index (χ4v) is 4.48. The van der Waals surface area contributed by atoms with E-state index < -0.39 is 12.9 Å². The van der Waals surface area contributed by atoms with Crippen molar-refractivity contribution in [2.24, 2.45) is 0 Å². The van der Waals surface area contributed by atoms with Crippen molar-refractivity contribution in [1.82, 2.24) is 15.2 Å². The van der Waals surface area contributed by atoms with Crippen molar-refractivity contribution < 1.29 is 19.2 Å². The molecule has 0 saturated carbocycles. The van der Waals surface area contributed by atoms with E-state index in [-0.39, 0.29) is 5.46 Å². The van der Waals surface area contributed by atoms with Crippen LogP contribution >= 0.6 is 0 Å². The molecule has 2 aromatic heterocycles. The molecule has 4 aromatic rings. The smallest absolute Gasteiger partial charge is 0.492 e. The van der Waals surface area contributed by atoms with Crippen LogP contribution in [0.1, 0.15) is 24.0 Å². The zero-order valence-electron chi connectivity index (χ0n) is 15.9. The summed E-state index contributed by atoms with van der Waals surface area (Å²) in [6, 6.07) is 6.56. The van der Waals surface area contributed by atoms with Gasteiger partial charge in [-0.2, -0.15) is 5.10 Å². The fourth-order valence-electron chi connectivity index (χ4n) is 4.48. The molecule has 0 aliphatic heterocycles. The summed E-state index contributed by atoms with van der Waals surface area (Å²) in [5.41, 5.74) is 4.60. The number of benzene rings is 2. The number of hydrogen-bond donors (Lipinski definition) is 3. The first kappa shape index (κ1) is 18.1. The summed E-state index contributed by atoms with van der Waals surface area (Å²) in [5, 5.41) is 28.1. The lowest BCUT2D eigenvalue weighted by atomic mass is 9.77. The third-order valence-electron chi connectivity index (χ3n) is 5.73. The number of aromatic nitrogens is 3. The van der Waals surface area contributed by atoms with Gasteiger partial charge in [0.15, 0.2) is 5.82 Å². The maximum absolute atomic E-state index is 15.0. The Morgan fingerprint density at radius 2 is 1.97 bits per heavy atom. The monoisotopic (exact) mass is 391 g/mol. The van der Waals surface area contributed by atoms with Crippen LogP contribution in [0.4, 0.5) is 4.39 Å². The van der Waals surface area contributed by atoms with Crippen molar-refractivity contribution in [3.63, 3.8) is 0 Å². The minimum Gasteiger partial charge on any atom is -0.496 e. The van der Waals surface area contributed by atoms with Crippen LogP contribution in [0.25, 0.3) is 33.1 Å². The molecule has 146 valence electrons. The molecule has 0 radical (unpaired) electrons. The molecule has 1 aliphatic rings. The largest absolute Gasteiger partial charge is 0.496 e. The first-order valence-corrected chi connectivity index (χ1v) is 9.60. The number of methoxy groups -OCH3 is 1. The number of aryl methyl sites for hydroxylation is 1. The summed E-state index contributed by atoms with van der Waals surface area (Å²) < 4.78 is 20.5. The molecule has 29 heavy (non-hydrogen) atoms. The molecule has 3 N–H and O–H groups in total. The SMILES string of the molecule is COc1c(B(O)O)cccc1-c1nc2c(F)cc3[nH]ncc3c2c2c1CCCC2. The predicted molar refractivity (Wildman–Crippen MR) is 110 cm³/mol. The molecular formula is C21H19BFN3O3. The van der Waals surface area contributed by atoms with Gasteiger partial charge in [0.05, 0.1) is 24.5 Å². The number of halogens is 1. The van der Waals surface area contributed by atoms with Crippen LogP contribution in [0, 0.1) is 5.82 Å². The Hall–Kier alpha value is -2.97. The van der Waals surface area contributed by atoms with Crippen LogP contribution in [0.3, 0.4) is 0 Å². The summed E-state index contributed by atoms with van der Waals surface area (Å²) in [5.74, 6) is -0.0735. The second-order valence-electron chi connectivity index (χ2n) is 7.34. The molecule has 5 rings (SSSR count). The summed E-state index contributed by atoms with van der Waals surface area (Å²) in [7, 11) is -0.197.